The van der Waals surface area contributed by atoms with Crippen molar-refractivity contribution in [1.29, 1.82) is 0 Å². The molecule has 0 aromatic rings. The molecule has 2 rings (SSSR count). The summed E-state index contributed by atoms with van der Waals surface area (Å²) in [5.41, 5.74) is 0.534. The van der Waals surface area contributed by atoms with E-state index in [0.29, 0.717) is 9.62 Å². The number of thioether (sulfide) groups is 2. The van der Waals surface area contributed by atoms with E-state index >= 15 is 0 Å². The van der Waals surface area contributed by atoms with E-state index in [0.717, 1.165) is 0 Å². The first-order valence-corrected chi connectivity index (χ1v) is 6.59. The zero-order valence-electron chi connectivity index (χ0n) is 7.14. The van der Waals surface area contributed by atoms with Crippen molar-refractivity contribution in [2.75, 3.05) is 19.1 Å². The topological polar surface area (TPSA) is 12.0 Å². The minimum absolute atomic E-state index is 0.519. The summed E-state index contributed by atoms with van der Waals surface area (Å²) in [6, 6.07) is 0. The highest BCUT2D eigenvalue weighted by Crippen LogP contribution is 2.57. The molecule has 1 saturated carbocycles. The third-order valence-electron chi connectivity index (χ3n) is 3.26. The first-order valence-electron chi connectivity index (χ1n) is 4.14. The molecule has 64 valence electrons. The molecule has 0 aromatic carbocycles. The quantitative estimate of drug-likeness (QED) is 0.667. The van der Waals surface area contributed by atoms with Crippen LogP contribution in [0.2, 0.25) is 0 Å². The van der Waals surface area contributed by atoms with Gasteiger partial charge in [-0.25, -0.2) is 0 Å². The number of hydrogen-bond acceptors (Lipinski definition) is 3. The van der Waals surface area contributed by atoms with Crippen LogP contribution < -0.4 is 5.32 Å². The van der Waals surface area contributed by atoms with Gasteiger partial charge in [-0.05, 0) is 31.8 Å². The van der Waals surface area contributed by atoms with Gasteiger partial charge in [0.15, 0.2) is 0 Å². The zero-order chi connectivity index (χ0) is 7.95. The Morgan fingerprint density at radius 3 is 1.91 bits per heavy atom. The van der Waals surface area contributed by atoms with E-state index in [9.17, 15) is 0 Å². The largest absolute Gasteiger partial charge is 0.307 e. The molecule has 0 bridgehead atoms. The van der Waals surface area contributed by atoms with Crippen LogP contribution in [0.25, 0.3) is 0 Å². The smallest absolute Gasteiger partial charge is 0.0909 e. The van der Waals surface area contributed by atoms with E-state index in [1.54, 1.807) is 0 Å². The van der Waals surface area contributed by atoms with E-state index in [1.807, 2.05) is 23.5 Å². The summed E-state index contributed by atoms with van der Waals surface area (Å²) >= 11 is 4.08. The second kappa shape index (κ2) is 2.57. The molecular weight excluding hydrogens is 174 g/mol. The molecule has 1 heterocycles. The van der Waals surface area contributed by atoms with Gasteiger partial charge in [0, 0.05) is 12.1 Å². The molecule has 11 heavy (non-hydrogen) atoms. The minimum atomic E-state index is 0.519. The molecule has 1 nitrogen and oxygen atoms in total. The van der Waals surface area contributed by atoms with E-state index < -0.39 is 0 Å². The lowest BCUT2D eigenvalue weighted by atomic mass is 9.69. The summed E-state index contributed by atoms with van der Waals surface area (Å²) in [5.74, 6) is 0. The average molecular weight is 189 g/mol. The maximum atomic E-state index is 3.61. The van der Waals surface area contributed by atoms with E-state index in [1.165, 1.54) is 25.8 Å². The molecule has 1 spiro atoms. The second-order valence-corrected chi connectivity index (χ2v) is 5.92. The first-order chi connectivity index (χ1) is 5.29. The van der Waals surface area contributed by atoms with Gasteiger partial charge in [0.25, 0.3) is 0 Å². The maximum Gasteiger partial charge on any atom is 0.0909 e. The monoisotopic (exact) mass is 189 g/mol. The summed E-state index contributed by atoms with van der Waals surface area (Å²) in [6.45, 7) is 1.20. The zero-order valence-corrected chi connectivity index (χ0v) is 8.78. The van der Waals surface area contributed by atoms with Crippen molar-refractivity contribution in [2.45, 2.75) is 28.9 Å². The van der Waals surface area contributed by atoms with Crippen molar-refractivity contribution >= 4 is 23.5 Å². The Balaban J connectivity index is 2.12. The van der Waals surface area contributed by atoms with Crippen LogP contribution in [-0.4, -0.2) is 28.7 Å². The Morgan fingerprint density at radius 2 is 1.82 bits per heavy atom. The molecule has 1 aliphatic heterocycles. The number of nitrogens with one attached hydrogen (secondary N) is 1. The van der Waals surface area contributed by atoms with Gasteiger partial charge in [0.05, 0.1) is 4.08 Å². The van der Waals surface area contributed by atoms with Crippen molar-refractivity contribution in [3.05, 3.63) is 0 Å². The van der Waals surface area contributed by atoms with Gasteiger partial charge in [-0.3, -0.25) is 0 Å². The fourth-order valence-electron chi connectivity index (χ4n) is 2.19. The van der Waals surface area contributed by atoms with Crippen LogP contribution in [0.1, 0.15) is 19.3 Å². The van der Waals surface area contributed by atoms with Gasteiger partial charge < -0.3 is 5.32 Å². The van der Waals surface area contributed by atoms with Crippen molar-refractivity contribution in [1.82, 2.24) is 5.32 Å². The molecule has 0 unspecified atom stereocenters. The Bertz CT molecular complexity index is 150. The third kappa shape index (κ3) is 0.850. The lowest BCUT2D eigenvalue weighted by molar-refractivity contribution is 0.0947. The standard InChI is InChI=1S/C8H15NS2/c1-10-8(11-2)6-9-7(8)4-3-5-7/h9H,3-6H2,1-2H3. The van der Waals surface area contributed by atoms with Gasteiger partial charge in [-0.15, -0.1) is 23.5 Å². The fraction of sp³-hybridized carbons (Fsp3) is 1.00. The van der Waals surface area contributed by atoms with Crippen molar-refractivity contribution in [3.63, 3.8) is 0 Å². The van der Waals surface area contributed by atoms with Crippen LogP contribution >= 0.6 is 23.5 Å². The molecular formula is C8H15NS2. The van der Waals surface area contributed by atoms with Crippen LogP contribution in [0.3, 0.4) is 0 Å². The van der Waals surface area contributed by atoms with Crippen LogP contribution in [0.15, 0.2) is 0 Å². The molecule has 1 N–H and O–H groups in total. The van der Waals surface area contributed by atoms with Gasteiger partial charge in [-0.2, -0.15) is 0 Å². The SMILES string of the molecule is CSC1(SC)CNC12CCC2. The lowest BCUT2D eigenvalue weighted by Gasteiger charge is -2.63. The van der Waals surface area contributed by atoms with Crippen molar-refractivity contribution in [3.8, 4) is 0 Å². The van der Waals surface area contributed by atoms with E-state index in [4.69, 9.17) is 0 Å². The summed E-state index contributed by atoms with van der Waals surface area (Å²) in [7, 11) is 0. The molecule has 0 radical (unpaired) electrons. The Labute approximate surface area is 77.1 Å². The summed E-state index contributed by atoms with van der Waals surface area (Å²) in [6.07, 6.45) is 8.72. The van der Waals surface area contributed by atoms with Gasteiger partial charge >= 0.3 is 0 Å². The van der Waals surface area contributed by atoms with Crippen LogP contribution in [0.5, 0.6) is 0 Å². The molecule has 0 aromatic heterocycles. The fourth-order valence-corrected chi connectivity index (χ4v) is 4.62. The Morgan fingerprint density at radius 1 is 1.18 bits per heavy atom. The highest BCUT2D eigenvalue weighted by molar-refractivity contribution is 8.17. The van der Waals surface area contributed by atoms with Crippen LogP contribution in [-0.2, 0) is 0 Å². The predicted molar refractivity (Wildman–Crippen MR) is 54.3 cm³/mol. The van der Waals surface area contributed by atoms with Crippen molar-refractivity contribution < 1.29 is 0 Å². The van der Waals surface area contributed by atoms with E-state index in [-0.39, 0.29) is 0 Å². The summed E-state index contributed by atoms with van der Waals surface area (Å²) < 4.78 is 0.519. The lowest BCUT2D eigenvalue weighted by Crippen LogP contribution is -2.77. The third-order valence-corrected chi connectivity index (χ3v) is 6.64. The summed E-state index contributed by atoms with van der Waals surface area (Å²) in [5, 5.41) is 3.61. The molecule has 2 aliphatic rings. The van der Waals surface area contributed by atoms with Gasteiger partial charge in [-0.1, -0.05) is 0 Å². The van der Waals surface area contributed by atoms with Gasteiger partial charge in [0.1, 0.15) is 0 Å². The molecule has 2 fully saturated rings. The predicted octanol–water partition coefficient (Wildman–Crippen LogP) is 1.93. The van der Waals surface area contributed by atoms with Crippen molar-refractivity contribution in [2.24, 2.45) is 0 Å². The van der Waals surface area contributed by atoms with E-state index in [2.05, 4.69) is 17.8 Å². The van der Waals surface area contributed by atoms with Crippen LogP contribution in [0, 0.1) is 0 Å². The highest BCUT2D eigenvalue weighted by Gasteiger charge is 2.61. The maximum absolute atomic E-state index is 3.61. The normalized spacial score (nSPS) is 31.1. The minimum Gasteiger partial charge on any atom is -0.307 e. The molecule has 0 amide bonds. The number of rotatable bonds is 2. The first kappa shape index (κ1) is 8.27. The Kier molecular flexibility index (Phi) is 1.93. The summed E-state index contributed by atoms with van der Waals surface area (Å²) in [4.78, 5) is 0. The molecule has 0 atom stereocenters. The average Bonchev–Trinajstić information content (AvgIpc) is 1.86. The molecule has 3 heteroatoms. The Hall–Kier alpha value is 0.660. The van der Waals surface area contributed by atoms with Crippen LogP contribution in [0.4, 0.5) is 0 Å². The molecule has 1 aliphatic carbocycles. The van der Waals surface area contributed by atoms with Gasteiger partial charge in [0.2, 0.25) is 0 Å². The highest BCUT2D eigenvalue weighted by atomic mass is 32.2. The second-order valence-electron chi connectivity index (χ2n) is 3.45. The number of hydrogen-bond donors (Lipinski definition) is 1. The molecule has 1 saturated heterocycles.